The molecule has 0 unspecified atom stereocenters. The zero-order chi connectivity index (χ0) is 9.15. The summed E-state index contributed by atoms with van der Waals surface area (Å²) in [6, 6.07) is 0. The summed E-state index contributed by atoms with van der Waals surface area (Å²) >= 11 is 2.10. The Morgan fingerprint density at radius 2 is 2.08 bits per heavy atom. The van der Waals surface area contributed by atoms with Crippen molar-refractivity contribution in [2.75, 3.05) is 37.7 Å². The molecular formula is C10H20N2S. The largest absolute Gasteiger partial charge is 0.330 e. The third-order valence-electron chi connectivity index (χ3n) is 3.26. The smallest absolute Gasteiger partial charge is 0.00726 e. The maximum Gasteiger partial charge on any atom is 0.00726 e. The van der Waals surface area contributed by atoms with Crippen molar-refractivity contribution in [3.05, 3.63) is 0 Å². The minimum absolute atomic E-state index is 0.537. The molecule has 1 aliphatic heterocycles. The topological polar surface area (TPSA) is 29.3 Å². The molecule has 1 heterocycles. The molecule has 2 nitrogen and oxygen atoms in total. The van der Waals surface area contributed by atoms with E-state index in [9.17, 15) is 0 Å². The van der Waals surface area contributed by atoms with E-state index in [0.717, 1.165) is 6.54 Å². The van der Waals surface area contributed by atoms with Crippen molar-refractivity contribution in [1.29, 1.82) is 0 Å². The van der Waals surface area contributed by atoms with E-state index in [0.29, 0.717) is 5.41 Å². The lowest BCUT2D eigenvalue weighted by Gasteiger charge is -2.24. The van der Waals surface area contributed by atoms with Crippen LogP contribution in [0.5, 0.6) is 0 Å². The first-order valence-electron chi connectivity index (χ1n) is 5.35. The minimum Gasteiger partial charge on any atom is -0.330 e. The fourth-order valence-corrected chi connectivity index (χ4v) is 2.96. The van der Waals surface area contributed by atoms with E-state index in [1.165, 1.54) is 50.4 Å². The van der Waals surface area contributed by atoms with Gasteiger partial charge in [-0.2, -0.15) is 11.8 Å². The Labute approximate surface area is 85.2 Å². The lowest BCUT2D eigenvalue weighted by atomic mass is 10.1. The molecule has 0 atom stereocenters. The summed E-state index contributed by atoms with van der Waals surface area (Å²) in [5.41, 5.74) is 6.33. The van der Waals surface area contributed by atoms with Crippen LogP contribution in [0.3, 0.4) is 0 Å². The van der Waals surface area contributed by atoms with Crippen LogP contribution >= 0.6 is 11.8 Å². The summed E-state index contributed by atoms with van der Waals surface area (Å²) in [6.07, 6.45) is 4.10. The first-order chi connectivity index (χ1) is 6.35. The van der Waals surface area contributed by atoms with Gasteiger partial charge in [-0.25, -0.2) is 0 Å². The number of thioether (sulfide) groups is 1. The normalized spacial score (nSPS) is 28.4. The summed E-state index contributed by atoms with van der Waals surface area (Å²) in [6.45, 7) is 4.75. The van der Waals surface area contributed by atoms with Gasteiger partial charge in [-0.15, -0.1) is 0 Å². The number of nitrogens with two attached hydrogens (primary N) is 1. The molecule has 0 amide bonds. The quantitative estimate of drug-likeness (QED) is 0.741. The molecule has 2 aliphatic rings. The molecule has 0 spiro atoms. The lowest BCUT2D eigenvalue weighted by Crippen LogP contribution is -2.35. The van der Waals surface area contributed by atoms with Gasteiger partial charge in [-0.05, 0) is 43.5 Å². The summed E-state index contributed by atoms with van der Waals surface area (Å²) < 4.78 is 0. The molecule has 1 aliphatic carbocycles. The number of hydrogen-bond donors (Lipinski definition) is 1. The van der Waals surface area contributed by atoms with E-state index in [1.54, 1.807) is 0 Å². The lowest BCUT2D eigenvalue weighted by molar-refractivity contribution is 0.237. The van der Waals surface area contributed by atoms with E-state index >= 15 is 0 Å². The molecule has 76 valence electrons. The van der Waals surface area contributed by atoms with Gasteiger partial charge in [0.1, 0.15) is 0 Å². The maximum atomic E-state index is 5.79. The highest BCUT2D eigenvalue weighted by molar-refractivity contribution is 7.99. The Morgan fingerprint density at radius 1 is 1.23 bits per heavy atom. The van der Waals surface area contributed by atoms with Crippen molar-refractivity contribution in [3.8, 4) is 0 Å². The van der Waals surface area contributed by atoms with E-state index in [1.807, 2.05) is 0 Å². The average Bonchev–Trinajstić information content (AvgIpc) is 2.92. The molecule has 13 heavy (non-hydrogen) atoms. The highest BCUT2D eigenvalue weighted by Crippen LogP contribution is 2.45. The van der Waals surface area contributed by atoms with Crippen LogP contribution in [0.15, 0.2) is 0 Å². The summed E-state index contributed by atoms with van der Waals surface area (Å²) in [5, 5.41) is 0. The van der Waals surface area contributed by atoms with Crippen molar-refractivity contribution in [1.82, 2.24) is 4.90 Å². The summed E-state index contributed by atoms with van der Waals surface area (Å²) in [7, 11) is 0. The standard InChI is InChI=1S/C10H20N2S/c11-8-10(2-3-10)9-12-4-1-6-13-7-5-12/h1-9,11H2. The van der Waals surface area contributed by atoms with Gasteiger partial charge < -0.3 is 10.6 Å². The molecular weight excluding hydrogens is 180 g/mol. The number of hydrogen-bond acceptors (Lipinski definition) is 3. The van der Waals surface area contributed by atoms with Gasteiger partial charge in [0.25, 0.3) is 0 Å². The third-order valence-corrected chi connectivity index (χ3v) is 4.31. The van der Waals surface area contributed by atoms with Crippen LogP contribution in [0.25, 0.3) is 0 Å². The molecule has 2 N–H and O–H groups in total. The first-order valence-corrected chi connectivity index (χ1v) is 6.50. The van der Waals surface area contributed by atoms with Crippen LogP contribution in [0, 0.1) is 5.41 Å². The van der Waals surface area contributed by atoms with E-state index in [-0.39, 0.29) is 0 Å². The number of rotatable bonds is 3. The molecule has 2 fully saturated rings. The minimum atomic E-state index is 0.537. The van der Waals surface area contributed by atoms with E-state index < -0.39 is 0 Å². The Bertz CT molecular complexity index is 160. The average molecular weight is 200 g/mol. The highest BCUT2D eigenvalue weighted by atomic mass is 32.2. The second-order valence-corrected chi connectivity index (χ2v) is 5.67. The van der Waals surface area contributed by atoms with E-state index in [2.05, 4.69) is 16.7 Å². The summed E-state index contributed by atoms with van der Waals surface area (Å²) in [4.78, 5) is 2.62. The number of nitrogens with zero attached hydrogens (tertiary/aromatic N) is 1. The van der Waals surface area contributed by atoms with E-state index in [4.69, 9.17) is 5.73 Å². The third kappa shape index (κ3) is 2.61. The molecule has 0 aromatic heterocycles. The Balaban J connectivity index is 1.79. The zero-order valence-corrected chi connectivity index (χ0v) is 9.11. The highest BCUT2D eigenvalue weighted by Gasteiger charge is 2.42. The predicted molar refractivity (Wildman–Crippen MR) is 59.1 cm³/mol. The van der Waals surface area contributed by atoms with Gasteiger partial charge in [0.05, 0.1) is 0 Å². The first kappa shape index (κ1) is 9.81. The zero-order valence-electron chi connectivity index (χ0n) is 8.30. The van der Waals surface area contributed by atoms with Crippen molar-refractivity contribution >= 4 is 11.8 Å². The Kier molecular flexibility index (Phi) is 3.17. The van der Waals surface area contributed by atoms with Crippen LogP contribution < -0.4 is 5.73 Å². The second-order valence-electron chi connectivity index (χ2n) is 4.45. The molecule has 3 heteroatoms. The fourth-order valence-electron chi connectivity index (χ4n) is 2.03. The maximum absolute atomic E-state index is 5.79. The van der Waals surface area contributed by atoms with Gasteiger partial charge in [0.2, 0.25) is 0 Å². The monoisotopic (exact) mass is 200 g/mol. The molecule has 1 saturated carbocycles. The molecule has 0 aromatic rings. The predicted octanol–water partition coefficient (Wildman–Crippen LogP) is 1.16. The SMILES string of the molecule is NCC1(CN2CCCSCC2)CC1. The van der Waals surface area contributed by atoms with Gasteiger partial charge in [0, 0.05) is 18.8 Å². The molecule has 0 bridgehead atoms. The summed E-state index contributed by atoms with van der Waals surface area (Å²) in [5.74, 6) is 2.67. The van der Waals surface area contributed by atoms with Crippen LogP contribution in [-0.4, -0.2) is 42.6 Å². The van der Waals surface area contributed by atoms with Crippen LogP contribution in [0.1, 0.15) is 19.3 Å². The molecule has 0 aromatic carbocycles. The fraction of sp³-hybridized carbons (Fsp3) is 1.00. The van der Waals surface area contributed by atoms with Crippen LogP contribution in [-0.2, 0) is 0 Å². The second kappa shape index (κ2) is 4.20. The van der Waals surface area contributed by atoms with Gasteiger partial charge in [0.15, 0.2) is 0 Å². The van der Waals surface area contributed by atoms with Crippen LogP contribution in [0.4, 0.5) is 0 Å². The van der Waals surface area contributed by atoms with Crippen molar-refractivity contribution in [3.63, 3.8) is 0 Å². The van der Waals surface area contributed by atoms with Crippen LogP contribution in [0.2, 0.25) is 0 Å². The van der Waals surface area contributed by atoms with Crippen molar-refractivity contribution in [2.24, 2.45) is 11.1 Å². The van der Waals surface area contributed by atoms with Gasteiger partial charge in [-0.3, -0.25) is 0 Å². The van der Waals surface area contributed by atoms with Crippen molar-refractivity contribution in [2.45, 2.75) is 19.3 Å². The Morgan fingerprint density at radius 3 is 2.77 bits per heavy atom. The van der Waals surface area contributed by atoms with Gasteiger partial charge in [-0.1, -0.05) is 0 Å². The Hall–Kier alpha value is 0.270. The molecule has 2 rings (SSSR count). The molecule has 1 saturated heterocycles. The van der Waals surface area contributed by atoms with Crippen molar-refractivity contribution < 1.29 is 0 Å². The van der Waals surface area contributed by atoms with Gasteiger partial charge >= 0.3 is 0 Å². The molecule has 0 radical (unpaired) electrons.